The van der Waals surface area contributed by atoms with E-state index in [4.69, 9.17) is 5.73 Å². The molecule has 1 unspecified atom stereocenters. The highest BCUT2D eigenvalue weighted by Gasteiger charge is 2.25. The number of benzene rings is 1. The van der Waals surface area contributed by atoms with Crippen LogP contribution in [-0.2, 0) is 10.0 Å². The molecule has 1 aromatic heterocycles. The van der Waals surface area contributed by atoms with Crippen LogP contribution in [0, 0.1) is 11.6 Å². The van der Waals surface area contributed by atoms with Crippen LogP contribution in [0.3, 0.4) is 0 Å². The number of nitrogen functional groups attached to an aromatic ring is 1. The van der Waals surface area contributed by atoms with Gasteiger partial charge in [0.05, 0.1) is 6.04 Å². The van der Waals surface area contributed by atoms with E-state index in [-0.39, 0.29) is 0 Å². The lowest BCUT2D eigenvalue weighted by atomic mass is 10.3. The van der Waals surface area contributed by atoms with E-state index < -0.39 is 38.3 Å². The maximum absolute atomic E-state index is 13.7. The van der Waals surface area contributed by atoms with Crippen molar-refractivity contribution in [3.63, 3.8) is 0 Å². The molecule has 0 spiro atoms. The number of nitrogens with two attached hydrogens (primary N) is 1. The number of halogens is 2. The molecule has 0 aliphatic heterocycles. The smallest absolute Gasteiger partial charge is 0.244 e. The summed E-state index contributed by atoms with van der Waals surface area (Å²) in [4.78, 5) is 5.90. The van der Waals surface area contributed by atoms with Gasteiger partial charge < -0.3 is 10.7 Å². The second-order valence-corrected chi connectivity index (χ2v) is 5.77. The van der Waals surface area contributed by atoms with Crippen LogP contribution in [0.25, 0.3) is 0 Å². The lowest BCUT2D eigenvalue weighted by molar-refractivity contribution is 0.537. The molecule has 0 saturated heterocycles. The number of sulfonamides is 1. The molecule has 0 amide bonds. The highest BCUT2D eigenvalue weighted by atomic mass is 32.2. The summed E-state index contributed by atoms with van der Waals surface area (Å²) in [6, 6.07) is 0.906. The van der Waals surface area contributed by atoms with Crippen molar-refractivity contribution in [2.75, 3.05) is 5.73 Å². The Balaban J connectivity index is 2.34. The van der Waals surface area contributed by atoms with Crippen LogP contribution < -0.4 is 10.5 Å². The molecule has 9 heteroatoms. The van der Waals surface area contributed by atoms with Gasteiger partial charge in [0.25, 0.3) is 0 Å². The van der Waals surface area contributed by atoms with Gasteiger partial charge in [-0.25, -0.2) is 26.9 Å². The Morgan fingerprint density at radius 3 is 2.70 bits per heavy atom. The van der Waals surface area contributed by atoms with Crippen molar-refractivity contribution in [2.45, 2.75) is 17.9 Å². The summed E-state index contributed by atoms with van der Waals surface area (Å²) < 4.78 is 53.1. The molecular weight excluding hydrogens is 290 g/mol. The number of aromatic nitrogens is 2. The number of hydrogen-bond acceptors (Lipinski definition) is 4. The Morgan fingerprint density at radius 1 is 1.40 bits per heavy atom. The predicted molar refractivity (Wildman–Crippen MR) is 68.1 cm³/mol. The molecule has 0 saturated carbocycles. The zero-order valence-electron chi connectivity index (χ0n) is 10.4. The van der Waals surface area contributed by atoms with Crippen molar-refractivity contribution < 1.29 is 17.2 Å². The summed E-state index contributed by atoms with van der Waals surface area (Å²) in [5.41, 5.74) is 4.31. The molecule has 1 heterocycles. The maximum Gasteiger partial charge on any atom is 0.244 e. The van der Waals surface area contributed by atoms with Crippen molar-refractivity contribution in [2.24, 2.45) is 0 Å². The molecule has 108 valence electrons. The minimum Gasteiger partial charge on any atom is -0.394 e. The standard InChI is InChI=1S/C11H12F2N4O2S/c1-6(11-15-4-5-16-11)17-20(18,19)8-3-2-7(12)10(14)9(8)13/h2-6,17H,14H2,1H3,(H,15,16). The van der Waals surface area contributed by atoms with Crippen molar-refractivity contribution in [3.05, 3.63) is 42.0 Å². The first-order valence-corrected chi connectivity index (χ1v) is 7.06. The van der Waals surface area contributed by atoms with Crippen molar-refractivity contribution in [1.29, 1.82) is 0 Å². The fourth-order valence-corrected chi connectivity index (χ4v) is 2.92. The molecule has 2 rings (SSSR count). The fourth-order valence-electron chi connectivity index (χ4n) is 1.62. The van der Waals surface area contributed by atoms with Gasteiger partial charge >= 0.3 is 0 Å². The average Bonchev–Trinajstić information content (AvgIpc) is 2.89. The Kier molecular flexibility index (Phi) is 3.73. The number of nitrogens with one attached hydrogen (secondary N) is 2. The van der Waals surface area contributed by atoms with Crippen molar-refractivity contribution in [3.8, 4) is 0 Å². The largest absolute Gasteiger partial charge is 0.394 e. The minimum atomic E-state index is -4.19. The minimum absolute atomic E-state index is 0.365. The van der Waals surface area contributed by atoms with Crippen LogP contribution in [0.5, 0.6) is 0 Å². The average molecular weight is 302 g/mol. The number of hydrogen-bond donors (Lipinski definition) is 3. The number of anilines is 1. The van der Waals surface area contributed by atoms with Crippen LogP contribution in [0.1, 0.15) is 18.8 Å². The first kappa shape index (κ1) is 14.4. The van der Waals surface area contributed by atoms with E-state index in [2.05, 4.69) is 14.7 Å². The first-order valence-electron chi connectivity index (χ1n) is 5.58. The highest BCUT2D eigenvalue weighted by Crippen LogP contribution is 2.23. The quantitative estimate of drug-likeness (QED) is 0.741. The van der Waals surface area contributed by atoms with Gasteiger partial charge in [-0.1, -0.05) is 0 Å². The molecule has 4 N–H and O–H groups in total. The number of rotatable bonds is 4. The zero-order chi connectivity index (χ0) is 14.9. The summed E-state index contributed by atoms with van der Waals surface area (Å²) in [7, 11) is -4.19. The third-order valence-corrected chi connectivity index (χ3v) is 4.20. The lowest BCUT2D eigenvalue weighted by Crippen LogP contribution is -2.28. The SMILES string of the molecule is CC(NS(=O)(=O)c1ccc(F)c(N)c1F)c1ncc[nH]1. The lowest BCUT2D eigenvalue weighted by Gasteiger charge is -2.13. The van der Waals surface area contributed by atoms with Crippen LogP contribution in [0.2, 0.25) is 0 Å². The molecule has 20 heavy (non-hydrogen) atoms. The van der Waals surface area contributed by atoms with Gasteiger partial charge in [-0.2, -0.15) is 0 Å². The monoisotopic (exact) mass is 302 g/mol. The van der Waals surface area contributed by atoms with Gasteiger partial charge in [0.2, 0.25) is 10.0 Å². The van der Waals surface area contributed by atoms with Crippen LogP contribution in [0.15, 0.2) is 29.4 Å². The maximum atomic E-state index is 13.7. The van der Waals surface area contributed by atoms with E-state index in [9.17, 15) is 17.2 Å². The van der Waals surface area contributed by atoms with Crippen LogP contribution in [0.4, 0.5) is 14.5 Å². The van der Waals surface area contributed by atoms with E-state index in [1.165, 1.54) is 19.3 Å². The van der Waals surface area contributed by atoms with Gasteiger partial charge in [-0.3, -0.25) is 0 Å². The van der Waals surface area contributed by atoms with E-state index in [1.807, 2.05) is 0 Å². The molecule has 0 fully saturated rings. The molecule has 1 aromatic carbocycles. The summed E-state index contributed by atoms with van der Waals surface area (Å²) in [6.07, 6.45) is 2.98. The van der Waals surface area contributed by atoms with E-state index in [1.54, 1.807) is 0 Å². The van der Waals surface area contributed by atoms with Crippen molar-refractivity contribution >= 4 is 15.7 Å². The van der Waals surface area contributed by atoms with Gasteiger partial charge in [-0.05, 0) is 19.1 Å². The second kappa shape index (κ2) is 5.17. The Bertz CT molecular complexity index is 716. The predicted octanol–water partition coefficient (Wildman–Crippen LogP) is 1.31. The summed E-state index contributed by atoms with van der Waals surface area (Å²) in [6.45, 7) is 1.53. The van der Waals surface area contributed by atoms with Gasteiger partial charge in [-0.15, -0.1) is 0 Å². The number of imidazole rings is 1. The van der Waals surface area contributed by atoms with Gasteiger partial charge in [0.15, 0.2) is 5.82 Å². The van der Waals surface area contributed by atoms with Gasteiger partial charge in [0.1, 0.15) is 22.2 Å². The summed E-state index contributed by atoms with van der Waals surface area (Å²) >= 11 is 0. The number of nitrogens with zero attached hydrogens (tertiary/aromatic N) is 1. The van der Waals surface area contributed by atoms with Crippen molar-refractivity contribution in [1.82, 2.24) is 14.7 Å². The van der Waals surface area contributed by atoms with E-state index in [0.29, 0.717) is 5.82 Å². The van der Waals surface area contributed by atoms with Gasteiger partial charge in [0, 0.05) is 12.4 Å². The molecule has 2 aromatic rings. The third kappa shape index (κ3) is 2.63. The molecule has 0 aliphatic carbocycles. The number of aromatic amines is 1. The topological polar surface area (TPSA) is 101 Å². The summed E-state index contributed by atoms with van der Waals surface area (Å²) in [5, 5.41) is 0. The molecule has 0 radical (unpaired) electrons. The molecular formula is C11H12F2N4O2S. The number of H-pyrrole nitrogens is 1. The Morgan fingerprint density at radius 2 is 2.10 bits per heavy atom. The Hall–Kier alpha value is -2.00. The highest BCUT2D eigenvalue weighted by molar-refractivity contribution is 7.89. The third-order valence-electron chi connectivity index (χ3n) is 2.64. The first-order chi connectivity index (χ1) is 9.33. The second-order valence-electron chi connectivity index (χ2n) is 4.09. The molecule has 1 atom stereocenters. The van der Waals surface area contributed by atoms with E-state index in [0.717, 1.165) is 12.1 Å². The summed E-state index contributed by atoms with van der Waals surface area (Å²) in [5.74, 6) is -1.96. The zero-order valence-corrected chi connectivity index (χ0v) is 11.2. The Labute approximate surface area is 114 Å². The fraction of sp³-hybridized carbons (Fsp3) is 0.182. The van der Waals surface area contributed by atoms with Crippen LogP contribution >= 0.6 is 0 Å². The van der Waals surface area contributed by atoms with E-state index >= 15 is 0 Å². The molecule has 6 nitrogen and oxygen atoms in total. The molecule has 0 bridgehead atoms. The molecule has 0 aliphatic rings. The normalized spacial score (nSPS) is 13.3. The van der Waals surface area contributed by atoms with Crippen LogP contribution in [-0.4, -0.2) is 18.4 Å².